The number of amides is 10. The zero-order chi connectivity index (χ0) is 77.6. The Morgan fingerprint density at radius 2 is 1.25 bits per heavy atom. The molecular weight excluding hydrogens is 1410 g/mol. The van der Waals surface area contributed by atoms with E-state index < -0.39 is 218 Å². The van der Waals surface area contributed by atoms with Crippen LogP contribution >= 0.6 is 11.8 Å². The number of fused-ring (bicyclic) bond motifs is 1. The number of carboxylic acid groups (broad SMARTS) is 2. The van der Waals surface area contributed by atoms with Gasteiger partial charge in [0.15, 0.2) is 17.5 Å². The van der Waals surface area contributed by atoms with Gasteiger partial charge >= 0.3 is 11.9 Å². The first-order valence-corrected chi connectivity index (χ1v) is 35.5. The average Bonchev–Trinajstić information content (AvgIpc) is 1.48. The second-order valence-corrected chi connectivity index (χ2v) is 27.3. The number of carbonyl (C=O) groups excluding carboxylic acids is 10. The minimum Gasteiger partial charge on any atom is -0.508 e. The number of phenols is 1. The molecule has 10 amide bonds. The lowest BCUT2D eigenvalue weighted by molar-refractivity contribution is -0.151. The minimum absolute atomic E-state index is 0.0375. The number of likely N-dealkylation sites (N-methyl/N-ethyl adjacent to an activating group) is 2. The Balaban J connectivity index is 1.14. The van der Waals surface area contributed by atoms with Crippen LogP contribution < -0.4 is 43.4 Å². The SMILES string of the molecule is CCCC[C@@H](C(=O)N1CC[C@@H](O)C1)N(C)C(=O)[C@H](Cc1ccccc1)N(C)C(=O)[C@H](Cc1cc(F)c(F)c(F)c1)NC(=O)CSC[C@H](NC(=O)[C@H](CCC(=O)O)NC(=O)[C@H](Cc1ccc(O)cc1)NC(=O)[C@H](Cc1c[nH]c2ccccc12)NC(=O)[C@H]1C[C@@H](O)CN1C(=O)[C@@H](N)CC(=O)O)C(=O)NCC(N)O. The van der Waals surface area contributed by atoms with Crippen LogP contribution in [0, 0.1) is 17.5 Å². The fourth-order valence-electron chi connectivity index (χ4n) is 12.4. The van der Waals surface area contributed by atoms with Gasteiger partial charge in [-0.2, -0.15) is 0 Å². The molecule has 2 aliphatic heterocycles. The lowest BCUT2D eigenvalue weighted by atomic mass is 9.99. The van der Waals surface area contributed by atoms with Gasteiger partial charge in [0.05, 0.1) is 37.0 Å². The number of phenolic OH excluding ortho intramolecular Hbond substituents is 1. The molecule has 3 heterocycles. The number of unbranched alkanes of at least 4 members (excludes halogenated alkanes) is 1. The summed E-state index contributed by atoms with van der Waals surface area (Å²) < 4.78 is 44.1. The Hall–Kier alpha value is -10.2. The van der Waals surface area contributed by atoms with Crippen LogP contribution in [0.25, 0.3) is 10.9 Å². The summed E-state index contributed by atoms with van der Waals surface area (Å²) in [7, 11) is 2.65. The molecule has 17 N–H and O–H groups in total. The van der Waals surface area contributed by atoms with Crippen molar-refractivity contribution in [2.24, 2.45) is 11.5 Å². The number of carbonyl (C=O) groups is 12. The first-order chi connectivity index (χ1) is 50.3. The number of carboxylic acids is 2. The van der Waals surface area contributed by atoms with Gasteiger partial charge in [-0.1, -0.05) is 80.4 Å². The van der Waals surface area contributed by atoms with Crippen molar-refractivity contribution >= 4 is 93.7 Å². The lowest BCUT2D eigenvalue weighted by Crippen LogP contribution is -2.60. The molecule has 5 aromatic rings. The standard InChI is InChI=1S/C71H90F3N13O18S/c1-4-5-15-55(71(105)86-23-22-43(89)34-86)84(2)70(104)57(28-38-11-7-6-8-12-38)85(3)69(103)53(27-40-24-46(72)62(74)47(73)25-40)79-59(92)37-106-36-54(63(97)78-33-58(76)91)83-64(98)50(20-21-60(93)94)80-65(99)51(26-39-16-18-42(88)19-17-39)81-66(100)52(29-41-32-77-49-14-10-9-13-45(41)49)82-67(101)56-30-44(90)35-87(56)68(102)48(75)31-61(95)96/h6-14,16-19,24-25,32,43-44,48,50-58,77,88-91H,4-5,15,20-23,26-31,33-37,75-76H2,1-3H3,(H,78,97)(H,79,92)(H,80,99)(H,81,100)(H,82,101)(H,83,98)(H,93,94)(H,95,96)/t43-,44-,48+,50+,51+,52+,53+,54+,55+,56-,57+,58?/m1/s1. The monoisotopic (exact) mass is 1500 g/mol. The molecule has 0 spiro atoms. The molecule has 0 aliphatic carbocycles. The Morgan fingerprint density at radius 1 is 0.651 bits per heavy atom. The fourth-order valence-corrected chi connectivity index (χ4v) is 13.3. The molecule has 2 fully saturated rings. The van der Waals surface area contributed by atoms with Crippen molar-refractivity contribution in [2.75, 3.05) is 51.8 Å². The van der Waals surface area contributed by atoms with Gasteiger partial charge in [0.25, 0.3) is 0 Å². The predicted octanol–water partition coefficient (Wildman–Crippen LogP) is -0.822. The van der Waals surface area contributed by atoms with E-state index in [-0.39, 0.29) is 50.1 Å². The number of aliphatic carboxylic acids is 2. The normalized spacial score (nSPS) is 17.4. The quantitative estimate of drug-likeness (QED) is 0.0170. The molecule has 0 bridgehead atoms. The van der Waals surface area contributed by atoms with Crippen LogP contribution in [-0.2, 0) is 83.2 Å². The number of β-amino-alcohol motifs (C(OH)–C–C–N with tert-alkyl or cyclic N) is 2. The third-order valence-corrected chi connectivity index (χ3v) is 19.2. The molecule has 574 valence electrons. The van der Waals surface area contributed by atoms with Crippen molar-refractivity contribution < 1.29 is 101 Å². The summed E-state index contributed by atoms with van der Waals surface area (Å²) in [6.07, 6.45) is -4.71. The van der Waals surface area contributed by atoms with E-state index in [9.17, 15) is 96.6 Å². The number of rotatable bonds is 38. The van der Waals surface area contributed by atoms with Crippen LogP contribution in [0.4, 0.5) is 13.2 Å². The van der Waals surface area contributed by atoms with E-state index in [4.69, 9.17) is 11.5 Å². The molecule has 31 nitrogen and oxygen atoms in total. The van der Waals surface area contributed by atoms with Crippen molar-refractivity contribution in [1.29, 1.82) is 0 Å². The number of nitrogens with one attached hydrogen (secondary N) is 7. The van der Waals surface area contributed by atoms with Gasteiger partial charge in [0, 0.05) is 95.1 Å². The highest BCUT2D eigenvalue weighted by molar-refractivity contribution is 8.00. The molecule has 106 heavy (non-hydrogen) atoms. The van der Waals surface area contributed by atoms with E-state index >= 15 is 4.79 Å². The largest absolute Gasteiger partial charge is 0.508 e. The lowest BCUT2D eigenvalue weighted by Gasteiger charge is -2.37. The summed E-state index contributed by atoms with van der Waals surface area (Å²) in [5, 5.41) is 75.9. The number of hydrogen-bond acceptors (Lipinski definition) is 19. The zero-order valence-electron chi connectivity index (χ0n) is 58.5. The van der Waals surface area contributed by atoms with Gasteiger partial charge in [-0.3, -0.25) is 57.5 Å². The van der Waals surface area contributed by atoms with Gasteiger partial charge in [0.2, 0.25) is 59.1 Å². The maximum Gasteiger partial charge on any atom is 0.305 e. The predicted molar refractivity (Wildman–Crippen MR) is 377 cm³/mol. The summed E-state index contributed by atoms with van der Waals surface area (Å²) in [6, 6.07) is 7.53. The second-order valence-electron chi connectivity index (χ2n) is 26.2. The number of aromatic hydroxyl groups is 1. The van der Waals surface area contributed by atoms with Crippen molar-refractivity contribution in [2.45, 2.75) is 157 Å². The summed E-state index contributed by atoms with van der Waals surface area (Å²) in [4.78, 5) is 176. The van der Waals surface area contributed by atoms with E-state index in [0.29, 0.717) is 70.8 Å². The molecule has 1 aromatic heterocycles. The average molecular weight is 1500 g/mol. The van der Waals surface area contributed by atoms with E-state index in [1.165, 1.54) is 48.2 Å². The Bertz CT molecular complexity index is 3930. The topological polar surface area (TPSA) is 479 Å². The molecular formula is C71H90F3N13O18S. The summed E-state index contributed by atoms with van der Waals surface area (Å²) >= 11 is 0.642. The fraction of sp³-hybridized carbons (Fsp3) is 0.465. The molecule has 0 radical (unpaired) electrons. The summed E-state index contributed by atoms with van der Waals surface area (Å²) in [6.45, 7) is 1.13. The number of H-pyrrole nitrogens is 1. The highest BCUT2D eigenvalue weighted by atomic mass is 32.2. The number of thioether (sulfide) groups is 1. The van der Waals surface area contributed by atoms with Crippen molar-refractivity contribution in [1.82, 2.24) is 56.5 Å². The third-order valence-electron chi connectivity index (χ3n) is 18.1. The third kappa shape index (κ3) is 23.7. The van der Waals surface area contributed by atoms with Crippen molar-refractivity contribution in [3.05, 3.63) is 137 Å². The number of aromatic nitrogens is 1. The smallest absolute Gasteiger partial charge is 0.305 e. The summed E-state index contributed by atoms with van der Waals surface area (Å²) in [5.74, 6) is -19.0. The Kier molecular flexibility index (Phi) is 30.8. The maximum absolute atomic E-state index is 15.0. The summed E-state index contributed by atoms with van der Waals surface area (Å²) in [5.41, 5.74) is 13.0. The number of nitrogens with zero attached hydrogens (tertiary/aromatic N) is 4. The molecule has 4 aromatic carbocycles. The molecule has 1 unspecified atom stereocenters. The Morgan fingerprint density at radius 3 is 1.89 bits per heavy atom. The van der Waals surface area contributed by atoms with Gasteiger partial charge in [-0.25, -0.2) is 13.2 Å². The number of hydrogen-bond donors (Lipinski definition) is 15. The van der Waals surface area contributed by atoms with Gasteiger partial charge in [-0.05, 0) is 71.8 Å². The molecule has 2 saturated heterocycles. The minimum atomic E-state index is -1.87. The van der Waals surface area contributed by atoms with E-state index in [2.05, 4.69) is 36.9 Å². The van der Waals surface area contributed by atoms with E-state index in [1.54, 1.807) is 60.8 Å². The molecule has 7 rings (SSSR count). The number of aliphatic hydroxyl groups excluding tert-OH is 3. The van der Waals surface area contributed by atoms with Crippen LogP contribution in [-0.4, -0.2) is 251 Å². The number of nitrogens with two attached hydrogens (primary N) is 2. The molecule has 0 saturated carbocycles. The van der Waals surface area contributed by atoms with Crippen LogP contribution in [0.5, 0.6) is 5.75 Å². The van der Waals surface area contributed by atoms with E-state index in [0.717, 1.165) is 9.80 Å². The zero-order valence-corrected chi connectivity index (χ0v) is 59.3. The first-order valence-electron chi connectivity index (χ1n) is 34.3. The maximum atomic E-state index is 15.0. The van der Waals surface area contributed by atoms with Crippen LogP contribution in [0.15, 0.2) is 97.2 Å². The number of halogens is 3. The van der Waals surface area contributed by atoms with Crippen molar-refractivity contribution in [3.8, 4) is 5.75 Å². The van der Waals surface area contributed by atoms with Crippen LogP contribution in [0.3, 0.4) is 0 Å². The van der Waals surface area contributed by atoms with Gasteiger partial charge < -0.3 is 98.6 Å². The number of likely N-dealkylation sites (tertiary alicyclic amines) is 2. The van der Waals surface area contributed by atoms with Gasteiger partial charge in [0.1, 0.15) is 60.3 Å². The highest BCUT2D eigenvalue weighted by Gasteiger charge is 2.44. The van der Waals surface area contributed by atoms with Crippen LogP contribution in [0.2, 0.25) is 0 Å². The van der Waals surface area contributed by atoms with Crippen molar-refractivity contribution in [3.63, 3.8) is 0 Å². The highest BCUT2D eigenvalue weighted by Crippen LogP contribution is 2.26. The van der Waals surface area contributed by atoms with Gasteiger partial charge in [-0.15, -0.1) is 11.8 Å². The van der Waals surface area contributed by atoms with Crippen LogP contribution in [0.1, 0.15) is 80.5 Å². The Labute approximate surface area is 611 Å². The number of aromatic amines is 1. The molecule has 35 heteroatoms. The first kappa shape index (κ1) is 83.1. The number of aliphatic hydroxyl groups is 3. The molecule has 2 aliphatic rings. The second kappa shape index (κ2) is 39.2. The van der Waals surface area contributed by atoms with E-state index in [1.807, 2.05) is 6.92 Å². The molecule has 12 atom stereocenters. The number of para-hydroxylation sites is 1. The number of benzene rings is 4.